The number of pyridine rings is 2. The highest BCUT2D eigenvalue weighted by Gasteiger charge is 2.32. The molecule has 0 aliphatic carbocycles. The molecule has 2 aliphatic heterocycles. The highest BCUT2D eigenvalue weighted by Crippen LogP contribution is 2.33. The second kappa shape index (κ2) is 7.17. The summed E-state index contributed by atoms with van der Waals surface area (Å²) in [7, 11) is 0. The lowest BCUT2D eigenvalue weighted by Gasteiger charge is -2.34. The van der Waals surface area contributed by atoms with Gasteiger partial charge in [0.15, 0.2) is 0 Å². The van der Waals surface area contributed by atoms with Crippen LogP contribution in [0.15, 0.2) is 53.3 Å². The molecule has 0 saturated carbocycles. The number of nitrogens with zero attached hydrogens (tertiary/aromatic N) is 4. The highest BCUT2D eigenvalue weighted by atomic mass is 79.9. The fraction of sp³-hybridized carbons (Fsp3) is 0.318. The summed E-state index contributed by atoms with van der Waals surface area (Å²) in [6.45, 7) is 2.54. The molecule has 1 fully saturated rings. The van der Waals surface area contributed by atoms with Crippen molar-refractivity contribution in [3.05, 3.63) is 58.8 Å². The molecule has 1 saturated heterocycles. The van der Waals surface area contributed by atoms with Crippen molar-refractivity contribution >= 4 is 44.2 Å². The van der Waals surface area contributed by atoms with Crippen LogP contribution >= 0.6 is 15.9 Å². The first-order valence-corrected chi connectivity index (χ1v) is 10.5. The van der Waals surface area contributed by atoms with Crippen LogP contribution in [0.4, 0.5) is 11.4 Å². The number of aromatic nitrogens is 2. The van der Waals surface area contributed by atoms with Crippen molar-refractivity contribution in [1.29, 1.82) is 0 Å². The van der Waals surface area contributed by atoms with Gasteiger partial charge in [0.1, 0.15) is 5.52 Å². The SMILES string of the molecule is O=C(C1CCN(c2ccnc3cc(Br)cnc23)CC1)N1CCc2ccccc21. The van der Waals surface area contributed by atoms with Crippen molar-refractivity contribution in [2.75, 3.05) is 29.4 Å². The molecular weight excluding hydrogens is 416 g/mol. The van der Waals surface area contributed by atoms with Crippen LogP contribution in [0.2, 0.25) is 0 Å². The minimum atomic E-state index is 0.0950. The van der Waals surface area contributed by atoms with Gasteiger partial charge in [-0.3, -0.25) is 14.8 Å². The summed E-state index contributed by atoms with van der Waals surface area (Å²) in [6, 6.07) is 12.3. The molecule has 142 valence electrons. The summed E-state index contributed by atoms with van der Waals surface area (Å²) in [5, 5.41) is 0. The van der Waals surface area contributed by atoms with Crippen LogP contribution in [-0.2, 0) is 11.2 Å². The van der Waals surface area contributed by atoms with Crippen molar-refractivity contribution in [2.45, 2.75) is 19.3 Å². The van der Waals surface area contributed by atoms with Crippen LogP contribution in [0.5, 0.6) is 0 Å². The predicted octanol–water partition coefficient (Wildman–Crippen LogP) is 4.20. The molecule has 1 aromatic carbocycles. The number of amides is 1. The minimum Gasteiger partial charge on any atom is -0.370 e. The van der Waals surface area contributed by atoms with Gasteiger partial charge in [-0.05, 0) is 59.0 Å². The fourth-order valence-corrected chi connectivity index (χ4v) is 4.72. The Labute approximate surface area is 172 Å². The third kappa shape index (κ3) is 3.05. The van der Waals surface area contributed by atoms with Crippen LogP contribution in [0.1, 0.15) is 18.4 Å². The monoisotopic (exact) mass is 436 g/mol. The quantitative estimate of drug-likeness (QED) is 0.603. The number of carbonyl (C=O) groups excluding carboxylic acids is 1. The zero-order valence-corrected chi connectivity index (χ0v) is 17.1. The fourth-order valence-electron chi connectivity index (χ4n) is 4.40. The zero-order chi connectivity index (χ0) is 19.1. The number of piperidine rings is 1. The van der Waals surface area contributed by atoms with Gasteiger partial charge in [0.2, 0.25) is 5.91 Å². The topological polar surface area (TPSA) is 49.3 Å². The number of hydrogen-bond donors (Lipinski definition) is 0. The molecule has 6 heteroatoms. The Balaban J connectivity index is 1.32. The Bertz CT molecular complexity index is 1050. The standard InChI is InChI=1S/C22H21BrN4O/c23-17-13-18-21(25-14-17)20(5-9-24-18)26-10-6-16(7-11-26)22(28)27-12-8-15-3-1-2-4-19(15)27/h1-5,9,13-14,16H,6-8,10-12H2. The maximum absolute atomic E-state index is 13.1. The molecule has 0 spiro atoms. The molecule has 2 aliphatic rings. The van der Waals surface area contributed by atoms with E-state index in [0.29, 0.717) is 0 Å². The van der Waals surface area contributed by atoms with E-state index in [9.17, 15) is 4.79 Å². The van der Waals surface area contributed by atoms with Crippen molar-refractivity contribution in [1.82, 2.24) is 9.97 Å². The number of benzene rings is 1. The number of halogens is 1. The third-order valence-electron chi connectivity index (χ3n) is 5.86. The van der Waals surface area contributed by atoms with Gasteiger partial charge in [0.25, 0.3) is 0 Å². The molecule has 3 aromatic rings. The number of rotatable bonds is 2. The largest absolute Gasteiger partial charge is 0.370 e. The summed E-state index contributed by atoms with van der Waals surface area (Å²) < 4.78 is 0.930. The third-order valence-corrected chi connectivity index (χ3v) is 6.29. The highest BCUT2D eigenvalue weighted by molar-refractivity contribution is 9.10. The predicted molar refractivity (Wildman–Crippen MR) is 115 cm³/mol. The Hall–Kier alpha value is -2.47. The van der Waals surface area contributed by atoms with Crippen LogP contribution in [0, 0.1) is 5.92 Å². The molecule has 2 aromatic heterocycles. The van der Waals surface area contributed by atoms with Gasteiger partial charge in [0.05, 0.1) is 11.2 Å². The lowest BCUT2D eigenvalue weighted by Crippen LogP contribution is -2.42. The van der Waals surface area contributed by atoms with E-state index in [0.717, 1.165) is 65.8 Å². The Morgan fingerprint density at radius 2 is 1.86 bits per heavy atom. The van der Waals surface area contributed by atoms with E-state index >= 15 is 0 Å². The minimum absolute atomic E-state index is 0.0950. The number of carbonyl (C=O) groups is 1. The van der Waals surface area contributed by atoms with Gasteiger partial charge in [-0.25, -0.2) is 0 Å². The average molecular weight is 437 g/mol. The van der Waals surface area contributed by atoms with Gasteiger partial charge in [0, 0.05) is 48.1 Å². The molecular formula is C22H21BrN4O. The maximum Gasteiger partial charge on any atom is 0.230 e. The van der Waals surface area contributed by atoms with Crippen molar-refractivity contribution < 1.29 is 4.79 Å². The van der Waals surface area contributed by atoms with Gasteiger partial charge in [-0.1, -0.05) is 18.2 Å². The first-order chi connectivity index (χ1) is 13.7. The number of para-hydroxylation sites is 1. The molecule has 0 unspecified atom stereocenters. The van der Waals surface area contributed by atoms with E-state index in [-0.39, 0.29) is 11.8 Å². The zero-order valence-electron chi connectivity index (χ0n) is 15.5. The summed E-state index contributed by atoms with van der Waals surface area (Å²) in [5.41, 5.74) is 5.30. The molecule has 1 amide bonds. The first kappa shape index (κ1) is 17.6. The number of fused-ring (bicyclic) bond motifs is 2. The summed E-state index contributed by atoms with van der Waals surface area (Å²) in [5.74, 6) is 0.379. The van der Waals surface area contributed by atoms with Crippen LogP contribution < -0.4 is 9.80 Å². The Morgan fingerprint density at radius 1 is 1.04 bits per heavy atom. The van der Waals surface area contributed by atoms with Gasteiger partial charge in [-0.2, -0.15) is 0 Å². The van der Waals surface area contributed by atoms with E-state index in [1.807, 2.05) is 35.5 Å². The lowest BCUT2D eigenvalue weighted by molar-refractivity contribution is -0.122. The van der Waals surface area contributed by atoms with E-state index in [2.05, 4.69) is 49.0 Å². The maximum atomic E-state index is 13.1. The van der Waals surface area contributed by atoms with E-state index in [4.69, 9.17) is 0 Å². The second-order valence-electron chi connectivity index (χ2n) is 7.48. The molecule has 5 rings (SSSR count). The molecule has 4 heterocycles. The summed E-state index contributed by atoms with van der Waals surface area (Å²) >= 11 is 3.46. The molecule has 0 atom stereocenters. The second-order valence-corrected chi connectivity index (χ2v) is 8.40. The number of hydrogen-bond acceptors (Lipinski definition) is 4. The van der Waals surface area contributed by atoms with E-state index in [1.54, 1.807) is 0 Å². The van der Waals surface area contributed by atoms with Crippen LogP contribution in [0.3, 0.4) is 0 Å². The normalized spacial score (nSPS) is 17.2. The van der Waals surface area contributed by atoms with E-state index in [1.165, 1.54) is 5.56 Å². The van der Waals surface area contributed by atoms with Gasteiger partial charge in [-0.15, -0.1) is 0 Å². The average Bonchev–Trinajstić information content (AvgIpc) is 3.17. The van der Waals surface area contributed by atoms with Crippen LogP contribution in [0.25, 0.3) is 11.0 Å². The first-order valence-electron chi connectivity index (χ1n) is 9.75. The van der Waals surface area contributed by atoms with Crippen molar-refractivity contribution in [3.8, 4) is 0 Å². The van der Waals surface area contributed by atoms with Gasteiger partial charge < -0.3 is 9.80 Å². The Kier molecular flexibility index (Phi) is 4.51. The molecule has 28 heavy (non-hydrogen) atoms. The summed E-state index contributed by atoms with van der Waals surface area (Å²) in [4.78, 5) is 26.5. The molecule has 5 nitrogen and oxygen atoms in total. The van der Waals surface area contributed by atoms with Crippen molar-refractivity contribution in [3.63, 3.8) is 0 Å². The smallest absolute Gasteiger partial charge is 0.230 e. The number of anilines is 2. The lowest BCUT2D eigenvalue weighted by atomic mass is 9.94. The van der Waals surface area contributed by atoms with Crippen LogP contribution in [-0.4, -0.2) is 35.5 Å². The van der Waals surface area contributed by atoms with E-state index < -0.39 is 0 Å². The molecule has 0 radical (unpaired) electrons. The summed E-state index contributed by atoms with van der Waals surface area (Å²) in [6.07, 6.45) is 6.36. The molecule has 0 N–H and O–H groups in total. The Morgan fingerprint density at radius 3 is 2.71 bits per heavy atom. The molecule has 0 bridgehead atoms. The van der Waals surface area contributed by atoms with Crippen molar-refractivity contribution in [2.24, 2.45) is 5.92 Å². The van der Waals surface area contributed by atoms with Gasteiger partial charge >= 0.3 is 0 Å².